The highest BCUT2D eigenvalue weighted by atomic mass is 35.5. The molecule has 0 fully saturated rings. The van der Waals surface area contributed by atoms with Gasteiger partial charge in [-0.25, -0.2) is 9.37 Å². The lowest BCUT2D eigenvalue weighted by molar-refractivity contribution is -0.121. The zero-order valence-electron chi connectivity index (χ0n) is 13.9. The predicted octanol–water partition coefficient (Wildman–Crippen LogP) is 4.31. The minimum absolute atomic E-state index is 0.0895. The Morgan fingerprint density at radius 1 is 1.23 bits per heavy atom. The van der Waals surface area contributed by atoms with Crippen molar-refractivity contribution < 1.29 is 9.18 Å². The molecule has 3 aromatic rings. The molecule has 26 heavy (non-hydrogen) atoms. The van der Waals surface area contributed by atoms with Crippen LogP contribution < -0.4 is 5.32 Å². The van der Waals surface area contributed by atoms with E-state index in [1.165, 1.54) is 6.07 Å². The maximum atomic E-state index is 14.3. The van der Waals surface area contributed by atoms with Crippen molar-refractivity contribution in [2.45, 2.75) is 12.5 Å². The number of benzene rings is 2. The molecule has 1 heterocycles. The van der Waals surface area contributed by atoms with Crippen LogP contribution in [0.3, 0.4) is 0 Å². The Kier molecular flexibility index (Phi) is 5.59. The Morgan fingerprint density at radius 3 is 2.65 bits per heavy atom. The largest absolute Gasteiger partial charge is 0.342 e. The molecule has 0 saturated heterocycles. The normalized spacial score (nSPS) is 12.0. The highest BCUT2D eigenvalue weighted by Crippen LogP contribution is 2.25. The van der Waals surface area contributed by atoms with Crippen molar-refractivity contribution in [2.24, 2.45) is 7.05 Å². The van der Waals surface area contributed by atoms with Crippen molar-refractivity contribution >= 4 is 29.1 Å². The lowest BCUT2D eigenvalue weighted by Gasteiger charge is -2.20. The molecule has 134 valence electrons. The maximum absolute atomic E-state index is 14.3. The molecule has 1 amide bonds. The van der Waals surface area contributed by atoms with Gasteiger partial charge in [0, 0.05) is 25.0 Å². The van der Waals surface area contributed by atoms with Gasteiger partial charge in [0.2, 0.25) is 5.91 Å². The summed E-state index contributed by atoms with van der Waals surface area (Å²) in [5, 5.41) is 3.67. The van der Waals surface area contributed by atoms with E-state index >= 15 is 0 Å². The summed E-state index contributed by atoms with van der Waals surface area (Å²) >= 11 is 11.9. The Bertz CT molecular complexity index is 942. The first-order valence-electron chi connectivity index (χ1n) is 7.90. The van der Waals surface area contributed by atoms with Crippen LogP contribution in [0.2, 0.25) is 10.0 Å². The van der Waals surface area contributed by atoms with Crippen molar-refractivity contribution in [1.82, 2.24) is 14.9 Å². The summed E-state index contributed by atoms with van der Waals surface area (Å²) in [6.07, 6.45) is 3.44. The maximum Gasteiger partial charge on any atom is 0.225 e. The minimum Gasteiger partial charge on any atom is -0.342 e. The standard InChI is InChI=1S/C19H16Cl2FN3O/c1-25-9-8-23-19(25)18(13-4-2-3-5-16(13)22)24-17(26)11-12-6-7-14(20)15(21)10-12/h2-10,18H,11H2,1H3,(H,24,26)/t18-/m1/s1. The number of carbonyl (C=O) groups is 1. The molecule has 3 rings (SSSR count). The second-order valence-electron chi connectivity index (χ2n) is 5.84. The minimum atomic E-state index is -0.702. The molecular weight excluding hydrogens is 376 g/mol. The van der Waals surface area contributed by atoms with E-state index in [0.29, 0.717) is 27.0 Å². The SMILES string of the molecule is Cn1ccnc1[C@H](NC(=O)Cc1ccc(Cl)c(Cl)c1)c1ccccc1F. The number of carbonyl (C=O) groups excluding carboxylic acids is 1. The second kappa shape index (κ2) is 7.89. The van der Waals surface area contributed by atoms with Gasteiger partial charge < -0.3 is 9.88 Å². The molecule has 0 saturated carbocycles. The van der Waals surface area contributed by atoms with Crippen molar-refractivity contribution in [1.29, 1.82) is 0 Å². The fourth-order valence-corrected chi connectivity index (χ4v) is 3.01. The second-order valence-corrected chi connectivity index (χ2v) is 6.66. The van der Waals surface area contributed by atoms with E-state index in [0.717, 1.165) is 0 Å². The first kappa shape index (κ1) is 18.4. The van der Waals surface area contributed by atoms with E-state index in [4.69, 9.17) is 23.2 Å². The third-order valence-electron chi connectivity index (χ3n) is 3.99. The van der Waals surface area contributed by atoms with Gasteiger partial charge in [-0.15, -0.1) is 0 Å². The molecule has 0 radical (unpaired) electrons. The van der Waals surface area contributed by atoms with Crippen LogP contribution in [0.1, 0.15) is 23.0 Å². The van der Waals surface area contributed by atoms with E-state index in [9.17, 15) is 9.18 Å². The van der Waals surface area contributed by atoms with Crippen molar-refractivity contribution in [3.8, 4) is 0 Å². The fourth-order valence-electron chi connectivity index (χ4n) is 2.69. The topological polar surface area (TPSA) is 46.9 Å². The van der Waals surface area contributed by atoms with Crippen LogP contribution in [0.4, 0.5) is 4.39 Å². The van der Waals surface area contributed by atoms with E-state index in [1.807, 2.05) is 0 Å². The Labute approximate surface area is 160 Å². The number of rotatable bonds is 5. The Balaban J connectivity index is 1.86. The summed E-state index contributed by atoms with van der Waals surface area (Å²) in [4.78, 5) is 16.8. The molecule has 2 aromatic carbocycles. The van der Waals surface area contributed by atoms with Crippen LogP contribution in [-0.2, 0) is 18.3 Å². The first-order chi connectivity index (χ1) is 12.5. The van der Waals surface area contributed by atoms with Gasteiger partial charge in [0.05, 0.1) is 16.5 Å². The first-order valence-corrected chi connectivity index (χ1v) is 8.66. The molecule has 1 aromatic heterocycles. The van der Waals surface area contributed by atoms with Gasteiger partial charge in [-0.05, 0) is 23.8 Å². The van der Waals surface area contributed by atoms with Gasteiger partial charge in [0.15, 0.2) is 0 Å². The number of nitrogens with zero attached hydrogens (tertiary/aromatic N) is 2. The Morgan fingerprint density at radius 2 is 2.00 bits per heavy atom. The predicted molar refractivity (Wildman–Crippen MR) is 99.8 cm³/mol. The summed E-state index contributed by atoms with van der Waals surface area (Å²) in [7, 11) is 1.79. The lowest BCUT2D eigenvalue weighted by atomic mass is 10.0. The number of nitrogens with one attached hydrogen (secondary N) is 1. The highest BCUT2D eigenvalue weighted by Gasteiger charge is 2.23. The summed E-state index contributed by atoms with van der Waals surface area (Å²) in [6, 6.07) is 10.6. The molecule has 0 aliphatic rings. The van der Waals surface area contributed by atoms with Gasteiger partial charge >= 0.3 is 0 Å². The van der Waals surface area contributed by atoms with Crippen LogP contribution in [0.25, 0.3) is 0 Å². The quantitative estimate of drug-likeness (QED) is 0.703. The van der Waals surface area contributed by atoms with E-state index < -0.39 is 11.9 Å². The van der Waals surface area contributed by atoms with E-state index in [2.05, 4.69) is 10.3 Å². The monoisotopic (exact) mass is 391 g/mol. The molecule has 0 bridgehead atoms. The van der Waals surface area contributed by atoms with Crippen LogP contribution in [0, 0.1) is 5.82 Å². The summed E-state index contributed by atoms with van der Waals surface area (Å²) < 4.78 is 16.1. The summed E-state index contributed by atoms with van der Waals surface area (Å²) in [6.45, 7) is 0. The third-order valence-corrected chi connectivity index (χ3v) is 4.73. The van der Waals surface area contributed by atoms with Crippen molar-refractivity contribution in [3.63, 3.8) is 0 Å². The average Bonchev–Trinajstić information content (AvgIpc) is 3.03. The summed E-state index contributed by atoms with van der Waals surface area (Å²) in [5.74, 6) is -0.146. The molecule has 0 spiro atoms. The zero-order valence-corrected chi connectivity index (χ0v) is 15.4. The number of amides is 1. The van der Waals surface area contributed by atoms with Crippen molar-refractivity contribution in [2.75, 3.05) is 0 Å². The van der Waals surface area contributed by atoms with Gasteiger partial charge in [-0.3, -0.25) is 4.79 Å². The molecule has 4 nitrogen and oxygen atoms in total. The molecule has 0 aliphatic carbocycles. The lowest BCUT2D eigenvalue weighted by Crippen LogP contribution is -2.32. The molecular formula is C19H16Cl2FN3O. The molecule has 0 aliphatic heterocycles. The number of hydrogen-bond donors (Lipinski definition) is 1. The number of aromatic nitrogens is 2. The molecule has 1 atom stereocenters. The van der Waals surface area contributed by atoms with Gasteiger partial charge in [-0.2, -0.15) is 0 Å². The fraction of sp³-hybridized carbons (Fsp3) is 0.158. The van der Waals surface area contributed by atoms with Crippen LogP contribution >= 0.6 is 23.2 Å². The number of hydrogen-bond acceptors (Lipinski definition) is 2. The van der Waals surface area contributed by atoms with Crippen LogP contribution in [-0.4, -0.2) is 15.5 Å². The van der Waals surface area contributed by atoms with Crippen LogP contribution in [0.5, 0.6) is 0 Å². The smallest absolute Gasteiger partial charge is 0.225 e. The molecule has 1 N–H and O–H groups in total. The highest BCUT2D eigenvalue weighted by molar-refractivity contribution is 6.42. The molecule has 0 unspecified atom stereocenters. The number of aryl methyl sites for hydroxylation is 1. The number of imidazole rings is 1. The zero-order chi connectivity index (χ0) is 18.7. The van der Waals surface area contributed by atoms with E-state index in [-0.39, 0.29) is 12.3 Å². The molecule has 7 heteroatoms. The Hall–Kier alpha value is -2.37. The summed E-state index contributed by atoms with van der Waals surface area (Å²) in [5.41, 5.74) is 1.06. The van der Waals surface area contributed by atoms with Crippen molar-refractivity contribution in [3.05, 3.63) is 87.7 Å². The third kappa shape index (κ3) is 4.06. The van der Waals surface area contributed by atoms with E-state index in [1.54, 1.807) is 60.4 Å². The number of halogens is 3. The van der Waals surface area contributed by atoms with Crippen LogP contribution in [0.15, 0.2) is 54.9 Å². The average molecular weight is 392 g/mol. The van der Waals surface area contributed by atoms with Gasteiger partial charge in [0.1, 0.15) is 17.7 Å². The van der Waals surface area contributed by atoms with Gasteiger partial charge in [0.25, 0.3) is 0 Å². The van der Waals surface area contributed by atoms with Gasteiger partial charge in [-0.1, -0.05) is 47.5 Å².